The van der Waals surface area contributed by atoms with Crippen molar-refractivity contribution in [3.05, 3.63) is 82.9 Å². The average Bonchev–Trinajstić information content (AvgIpc) is 3.76. The summed E-state index contributed by atoms with van der Waals surface area (Å²) in [6.07, 6.45) is 1.81. The molecule has 3 aromatic carbocycles. The Morgan fingerprint density at radius 1 is 1.05 bits per heavy atom. The van der Waals surface area contributed by atoms with Gasteiger partial charge in [0.2, 0.25) is 0 Å². The first-order valence-electron chi connectivity index (χ1n) is 12.0. The largest absolute Gasteiger partial charge is 0.496 e. The summed E-state index contributed by atoms with van der Waals surface area (Å²) in [5, 5.41) is 14.5. The molecule has 1 fully saturated rings. The van der Waals surface area contributed by atoms with Crippen LogP contribution >= 0.6 is 0 Å². The van der Waals surface area contributed by atoms with E-state index in [0.29, 0.717) is 40.5 Å². The number of carboxylic acids is 1. The molecule has 0 radical (unpaired) electrons. The lowest BCUT2D eigenvalue weighted by Crippen LogP contribution is -2.33. The van der Waals surface area contributed by atoms with Crippen molar-refractivity contribution in [2.45, 2.75) is 25.4 Å². The Labute approximate surface area is 218 Å². The summed E-state index contributed by atoms with van der Waals surface area (Å²) >= 11 is 0. The SMILES string of the molecule is COc1cc(CN(C(=O)c2ccc3c(c2)OCC(=O)N3)C2CC2)ccc1C(=O)Nc1ccc(C(=O)O)cc1. The molecule has 194 valence electrons. The number of nitrogens with zero attached hydrogens (tertiary/aromatic N) is 1. The summed E-state index contributed by atoms with van der Waals surface area (Å²) in [6.45, 7) is 0.234. The van der Waals surface area contributed by atoms with Gasteiger partial charge in [0.1, 0.15) is 11.5 Å². The van der Waals surface area contributed by atoms with Gasteiger partial charge in [0.05, 0.1) is 23.9 Å². The number of carbonyl (C=O) groups excluding carboxylic acids is 3. The molecule has 0 aromatic heterocycles. The highest BCUT2D eigenvalue weighted by atomic mass is 16.5. The molecule has 1 saturated carbocycles. The van der Waals surface area contributed by atoms with Gasteiger partial charge in [-0.05, 0) is 73.0 Å². The van der Waals surface area contributed by atoms with Crippen LogP contribution in [0.15, 0.2) is 60.7 Å². The molecule has 3 aromatic rings. The van der Waals surface area contributed by atoms with Crippen LogP contribution in [0.1, 0.15) is 49.5 Å². The lowest BCUT2D eigenvalue weighted by atomic mass is 10.1. The molecule has 0 spiro atoms. The third-order valence-electron chi connectivity index (χ3n) is 6.36. The molecule has 3 amide bonds. The predicted octanol–water partition coefficient (Wildman–Crippen LogP) is 3.78. The number of carbonyl (C=O) groups is 4. The zero-order valence-electron chi connectivity index (χ0n) is 20.5. The Bertz CT molecular complexity index is 1430. The minimum absolute atomic E-state index is 0.0929. The zero-order chi connectivity index (χ0) is 26.8. The molecule has 0 atom stereocenters. The number of hydrogen-bond donors (Lipinski definition) is 3. The highest BCUT2D eigenvalue weighted by Gasteiger charge is 2.34. The van der Waals surface area contributed by atoms with Crippen LogP contribution in [0.4, 0.5) is 11.4 Å². The van der Waals surface area contributed by atoms with Gasteiger partial charge in [-0.25, -0.2) is 4.79 Å². The van der Waals surface area contributed by atoms with Crippen molar-refractivity contribution in [3.63, 3.8) is 0 Å². The monoisotopic (exact) mass is 515 g/mol. The van der Waals surface area contributed by atoms with Crippen LogP contribution in [0.5, 0.6) is 11.5 Å². The second-order valence-electron chi connectivity index (χ2n) is 9.08. The number of ether oxygens (including phenoxy) is 2. The topological polar surface area (TPSA) is 134 Å². The number of anilines is 2. The van der Waals surface area contributed by atoms with Crippen LogP contribution in [0.25, 0.3) is 0 Å². The second-order valence-corrected chi connectivity index (χ2v) is 9.08. The average molecular weight is 516 g/mol. The van der Waals surface area contributed by atoms with Gasteiger partial charge in [-0.3, -0.25) is 14.4 Å². The molecule has 5 rings (SSSR count). The van der Waals surface area contributed by atoms with Crippen LogP contribution in [0.3, 0.4) is 0 Å². The standard InChI is InChI=1S/C28H25N3O7/c1-37-23-12-16(2-10-21(23)26(33)29-19-6-3-17(4-7-19)28(35)36)14-31(20-8-9-20)27(34)18-5-11-22-24(13-18)38-15-25(32)30-22/h2-7,10-13,20H,8-9,14-15H2,1H3,(H,29,33)(H,30,32)(H,35,36). The molecule has 38 heavy (non-hydrogen) atoms. The van der Waals surface area contributed by atoms with Crippen molar-refractivity contribution in [1.82, 2.24) is 4.90 Å². The van der Waals surface area contributed by atoms with Gasteiger partial charge in [0.15, 0.2) is 6.61 Å². The maximum Gasteiger partial charge on any atom is 0.335 e. The van der Waals surface area contributed by atoms with E-state index in [4.69, 9.17) is 14.6 Å². The normalized spacial score (nSPS) is 14.0. The Morgan fingerprint density at radius 2 is 1.79 bits per heavy atom. The van der Waals surface area contributed by atoms with Crippen LogP contribution in [0, 0.1) is 0 Å². The van der Waals surface area contributed by atoms with Crippen molar-refractivity contribution >= 4 is 35.1 Å². The first kappa shape index (κ1) is 24.8. The second kappa shape index (κ2) is 10.3. The van der Waals surface area contributed by atoms with E-state index in [9.17, 15) is 19.2 Å². The van der Waals surface area contributed by atoms with Crippen molar-refractivity contribution < 1.29 is 33.8 Å². The number of carboxylic acid groups (broad SMARTS) is 1. The van der Waals surface area contributed by atoms with Gasteiger partial charge in [0.25, 0.3) is 17.7 Å². The quantitative estimate of drug-likeness (QED) is 0.416. The van der Waals surface area contributed by atoms with E-state index in [1.807, 2.05) is 0 Å². The molecule has 0 unspecified atom stereocenters. The smallest absolute Gasteiger partial charge is 0.335 e. The summed E-state index contributed by atoms with van der Waals surface area (Å²) in [7, 11) is 1.47. The third-order valence-corrected chi connectivity index (χ3v) is 6.36. The Hall–Kier alpha value is -4.86. The molecule has 3 N–H and O–H groups in total. The first-order chi connectivity index (χ1) is 18.3. The summed E-state index contributed by atoms with van der Waals surface area (Å²) in [4.78, 5) is 50.7. The molecule has 1 aliphatic carbocycles. The molecule has 0 bridgehead atoms. The number of nitrogens with one attached hydrogen (secondary N) is 2. The van der Waals surface area contributed by atoms with Gasteiger partial charge >= 0.3 is 5.97 Å². The number of benzene rings is 3. The minimum atomic E-state index is -1.05. The van der Waals surface area contributed by atoms with Crippen molar-refractivity contribution in [2.24, 2.45) is 0 Å². The van der Waals surface area contributed by atoms with E-state index in [1.54, 1.807) is 41.3 Å². The number of methoxy groups -OCH3 is 1. The van der Waals surface area contributed by atoms with Crippen LogP contribution in [-0.2, 0) is 11.3 Å². The lowest BCUT2D eigenvalue weighted by Gasteiger charge is -2.24. The van der Waals surface area contributed by atoms with Crippen molar-refractivity contribution in [1.29, 1.82) is 0 Å². The van der Waals surface area contributed by atoms with Gasteiger partial charge < -0.3 is 30.1 Å². The summed E-state index contributed by atoms with van der Waals surface area (Å²) in [5.41, 5.74) is 2.66. The number of fused-ring (bicyclic) bond motifs is 1. The summed E-state index contributed by atoms with van der Waals surface area (Å²) in [5.74, 6) is -1.04. The molecule has 10 nitrogen and oxygen atoms in total. The van der Waals surface area contributed by atoms with Gasteiger partial charge in [-0.1, -0.05) is 6.07 Å². The number of amides is 3. The highest BCUT2D eigenvalue weighted by Crippen LogP contribution is 2.34. The van der Waals surface area contributed by atoms with Crippen molar-refractivity contribution in [2.75, 3.05) is 24.4 Å². The van der Waals surface area contributed by atoms with E-state index in [-0.39, 0.29) is 30.0 Å². The van der Waals surface area contributed by atoms with Gasteiger partial charge in [-0.2, -0.15) is 0 Å². The van der Waals surface area contributed by atoms with Crippen molar-refractivity contribution in [3.8, 4) is 11.5 Å². The fraction of sp³-hybridized carbons (Fsp3) is 0.214. The van der Waals surface area contributed by atoms with Crippen LogP contribution in [-0.4, -0.2) is 53.5 Å². The number of rotatable bonds is 8. The summed E-state index contributed by atoms with van der Waals surface area (Å²) in [6, 6.07) is 16.1. The maximum atomic E-state index is 13.4. The van der Waals surface area contributed by atoms with E-state index < -0.39 is 11.9 Å². The Kier molecular flexibility index (Phi) is 6.69. The number of hydrogen-bond acceptors (Lipinski definition) is 6. The highest BCUT2D eigenvalue weighted by molar-refractivity contribution is 6.06. The van der Waals surface area contributed by atoms with Gasteiger partial charge in [-0.15, -0.1) is 0 Å². The molecule has 0 saturated heterocycles. The lowest BCUT2D eigenvalue weighted by molar-refractivity contribution is -0.118. The molecule has 1 heterocycles. The molecule has 10 heteroatoms. The molecule has 2 aliphatic rings. The predicted molar refractivity (Wildman–Crippen MR) is 138 cm³/mol. The fourth-order valence-corrected chi connectivity index (χ4v) is 4.24. The molecular formula is C28H25N3O7. The summed E-state index contributed by atoms with van der Waals surface area (Å²) < 4.78 is 10.9. The van der Waals surface area contributed by atoms with Gasteiger partial charge in [0, 0.05) is 23.8 Å². The molecule has 1 aliphatic heterocycles. The zero-order valence-corrected chi connectivity index (χ0v) is 20.5. The van der Waals surface area contributed by atoms with Crippen LogP contribution in [0.2, 0.25) is 0 Å². The Balaban J connectivity index is 1.32. The van der Waals surface area contributed by atoms with E-state index >= 15 is 0 Å². The maximum absolute atomic E-state index is 13.4. The third kappa shape index (κ3) is 5.29. The first-order valence-corrected chi connectivity index (χ1v) is 12.0. The van der Waals surface area contributed by atoms with E-state index in [0.717, 1.165) is 18.4 Å². The Morgan fingerprint density at radius 3 is 2.47 bits per heavy atom. The van der Waals surface area contributed by atoms with Crippen LogP contribution < -0.4 is 20.1 Å². The van der Waals surface area contributed by atoms with E-state index in [2.05, 4.69) is 10.6 Å². The van der Waals surface area contributed by atoms with E-state index in [1.165, 1.54) is 31.4 Å². The minimum Gasteiger partial charge on any atom is -0.496 e. The molecular weight excluding hydrogens is 490 g/mol. The fourth-order valence-electron chi connectivity index (χ4n) is 4.24. The number of aromatic carboxylic acids is 1.